The zero-order valence-corrected chi connectivity index (χ0v) is 9.39. The summed E-state index contributed by atoms with van der Waals surface area (Å²) in [5.74, 6) is -6.88. The molecule has 0 saturated carbocycles. The van der Waals surface area contributed by atoms with Gasteiger partial charge in [0.05, 0.1) is 6.61 Å². The maximum atomic E-state index is 13.2. The van der Waals surface area contributed by atoms with Gasteiger partial charge in [0.25, 0.3) is 0 Å². The summed E-state index contributed by atoms with van der Waals surface area (Å²) in [7, 11) is 0. The van der Waals surface area contributed by atoms with E-state index in [4.69, 9.17) is 0 Å². The highest BCUT2D eigenvalue weighted by Crippen LogP contribution is 2.32. The molecule has 88 valence electrons. The molecule has 0 aromatic rings. The van der Waals surface area contributed by atoms with Crippen LogP contribution in [0.2, 0.25) is 0 Å². The van der Waals surface area contributed by atoms with Crippen molar-refractivity contribution in [3.63, 3.8) is 0 Å². The van der Waals surface area contributed by atoms with E-state index in [-0.39, 0.29) is 6.61 Å². The molecule has 0 N–H and O–H groups in total. The average Bonchev–Trinajstić information content (AvgIpc) is 1.98. The molecular formula is C10H16F2O3. The van der Waals surface area contributed by atoms with Crippen molar-refractivity contribution in [3.8, 4) is 0 Å². The summed E-state index contributed by atoms with van der Waals surface area (Å²) in [5, 5.41) is 0. The predicted molar refractivity (Wildman–Crippen MR) is 50.7 cm³/mol. The van der Waals surface area contributed by atoms with E-state index in [1.807, 2.05) is 0 Å². The van der Waals surface area contributed by atoms with Gasteiger partial charge in [0.2, 0.25) is 0 Å². The number of rotatable bonds is 4. The summed E-state index contributed by atoms with van der Waals surface area (Å²) in [5.41, 5.74) is -0.731. The van der Waals surface area contributed by atoms with Gasteiger partial charge >= 0.3 is 17.7 Å². The molecule has 3 nitrogen and oxygen atoms in total. The molecule has 15 heavy (non-hydrogen) atoms. The van der Waals surface area contributed by atoms with Crippen molar-refractivity contribution in [1.29, 1.82) is 0 Å². The Morgan fingerprint density at radius 2 is 1.67 bits per heavy atom. The lowest BCUT2D eigenvalue weighted by Crippen LogP contribution is -2.39. The molecule has 0 aliphatic rings. The SMILES string of the molecule is CCOC(=O)C(=O)C(F)(F)CC(C)(C)C. The van der Waals surface area contributed by atoms with Crippen molar-refractivity contribution in [2.75, 3.05) is 6.61 Å². The number of carbonyl (C=O) groups excluding carboxylic acids is 2. The molecule has 5 heteroatoms. The van der Waals surface area contributed by atoms with Crippen molar-refractivity contribution in [2.45, 2.75) is 40.0 Å². The van der Waals surface area contributed by atoms with Gasteiger partial charge in [-0.2, -0.15) is 8.78 Å². The topological polar surface area (TPSA) is 43.4 Å². The van der Waals surface area contributed by atoms with Crippen LogP contribution >= 0.6 is 0 Å². The quantitative estimate of drug-likeness (QED) is 0.541. The third-order valence-corrected chi connectivity index (χ3v) is 1.55. The number of esters is 1. The lowest BCUT2D eigenvalue weighted by atomic mass is 9.87. The molecule has 0 spiro atoms. The Labute approximate surface area is 87.8 Å². The minimum Gasteiger partial charge on any atom is -0.460 e. The monoisotopic (exact) mass is 222 g/mol. The second-order valence-corrected chi connectivity index (χ2v) is 4.49. The number of alkyl halides is 2. The van der Waals surface area contributed by atoms with Gasteiger partial charge in [0, 0.05) is 6.42 Å². The first-order valence-electron chi connectivity index (χ1n) is 4.69. The fourth-order valence-corrected chi connectivity index (χ4v) is 1.09. The fraction of sp³-hybridized carbons (Fsp3) is 0.800. The number of hydrogen-bond donors (Lipinski definition) is 0. The normalized spacial score (nSPS) is 12.4. The molecule has 0 rings (SSSR count). The summed E-state index contributed by atoms with van der Waals surface area (Å²) in [6.07, 6.45) is -0.669. The highest BCUT2D eigenvalue weighted by Gasteiger charge is 2.46. The number of carbonyl (C=O) groups is 2. The number of ketones is 1. The van der Waals surface area contributed by atoms with E-state index >= 15 is 0 Å². The van der Waals surface area contributed by atoms with Crippen molar-refractivity contribution in [2.24, 2.45) is 5.41 Å². The lowest BCUT2D eigenvalue weighted by molar-refractivity contribution is -0.167. The fourth-order valence-electron chi connectivity index (χ4n) is 1.09. The molecule has 0 aromatic carbocycles. The van der Waals surface area contributed by atoms with Gasteiger partial charge < -0.3 is 4.74 Å². The van der Waals surface area contributed by atoms with Crippen molar-refractivity contribution in [3.05, 3.63) is 0 Å². The Hall–Kier alpha value is -1.00. The molecule has 0 bridgehead atoms. The van der Waals surface area contributed by atoms with Gasteiger partial charge in [-0.05, 0) is 12.3 Å². The minimum atomic E-state index is -3.65. The van der Waals surface area contributed by atoms with Gasteiger partial charge in [-0.1, -0.05) is 20.8 Å². The third-order valence-electron chi connectivity index (χ3n) is 1.55. The average molecular weight is 222 g/mol. The van der Waals surface area contributed by atoms with E-state index in [9.17, 15) is 18.4 Å². The van der Waals surface area contributed by atoms with Crippen LogP contribution in [0, 0.1) is 5.41 Å². The van der Waals surface area contributed by atoms with E-state index in [0.717, 1.165) is 0 Å². The van der Waals surface area contributed by atoms with Crippen LogP contribution < -0.4 is 0 Å². The minimum absolute atomic E-state index is 0.0871. The maximum absolute atomic E-state index is 13.2. The Bertz CT molecular complexity index is 254. The summed E-state index contributed by atoms with van der Waals surface area (Å²) in [6, 6.07) is 0. The Kier molecular flexibility index (Phi) is 4.37. The first-order valence-corrected chi connectivity index (χ1v) is 4.69. The van der Waals surface area contributed by atoms with E-state index in [2.05, 4.69) is 4.74 Å². The van der Waals surface area contributed by atoms with Crippen molar-refractivity contribution < 1.29 is 23.1 Å². The van der Waals surface area contributed by atoms with Crippen LogP contribution in [-0.2, 0) is 14.3 Å². The molecule has 0 atom stereocenters. The van der Waals surface area contributed by atoms with E-state index < -0.39 is 29.5 Å². The van der Waals surface area contributed by atoms with Crippen LogP contribution in [0.15, 0.2) is 0 Å². The van der Waals surface area contributed by atoms with Gasteiger partial charge in [-0.15, -0.1) is 0 Å². The van der Waals surface area contributed by atoms with Gasteiger partial charge in [-0.3, -0.25) is 4.79 Å². The molecule has 0 radical (unpaired) electrons. The first kappa shape index (κ1) is 14.0. The molecular weight excluding hydrogens is 206 g/mol. The van der Waals surface area contributed by atoms with Crippen molar-refractivity contribution >= 4 is 11.8 Å². The summed E-state index contributed by atoms with van der Waals surface area (Å²) in [4.78, 5) is 21.8. The molecule has 0 aliphatic carbocycles. The number of Topliss-reactive ketones (excluding diaryl/α,β-unsaturated/α-hetero) is 1. The largest absolute Gasteiger partial charge is 0.460 e. The number of halogens is 2. The second-order valence-electron chi connectivity index (χ2n) is 4.49. The first-order chi connectivity index (χ1) is 6.60. The Morgan fingerprint density at radius 1 is 1.20 bits per heavy atom. The molecule has 0 heterocycles. The molecule has 0 amide bonds. The van der Waals surface area contributed by atoms with E-state index in [1.165, 1.54) is 6.92 Å². The van der Waals surface area contributed by atoms with Gasteiger partial charge in [0.1, 0.15) is 0 Å². The van der Waals surface area contributed by atoms with Crippen LogP contribution in [-0.4, -0.2) is 24.3 Å². The lowest BCUT2D eigenvalue weighted by Gasteiger charge is -2.23. The molecule has 0 aliphatic heterocycles. The molecule has 0 unspecified atom stereocenters. The van der Waals surface area contributed by atoms with Crippen LogP contribution in [0.4, 0.5) is 8.78 Å². The third kappa shape index (κ3) is 4.85. The second kappa shape index (κ2) is 4.68. The van der Waals surface area contributed by atoms with Crippen LogP contribution in [0.1, 0.15) is 34.1 Å². The van der Waals surface area contributed by atoms with Crippen LogP contribution in [0.5, 0.6) is 0 Å². The number of ether oxygens (including phenoxy) is 1. The highest BCUT2D eigenvalue weighted by molar-refractivity contribution is 6.36. The van der Waals surface area contributed by atoms with Crippen molar-refractivity contribution in [1.82, 2.24) is 0 Å². The smallest absolute Gasteiger partial charge is 0.381 e. The highest BCUT2D eigenvalue weighted by atomic mass is 19.3. The summed E-state index contributed by atoms with van der Waals surface area (Å²) >= 11 is 0. The van der Waals surface area contributed by atoms with Gasteiger partial charge in [-0.25, -0.2) is 4.79 Å². The molecule has 0 aromatic heterocycles. The van der Waals surface area contributed by atoms with E-state index in [1.54, 1.807) is 20.8 Å². The summed E-state index contributed by atoms with van der Waals surface area (Å²) < 4.78 is 30.7. The molecule has 0 saturated heterocycles. The Morgan fingerprint density at radius 3 is 2.00 bits per heavy atom. The standard InChI is InChI=1S/C10H16F2O3/c1-5-15-8(14)7(13)10(11,12)6-9(2,3)4/h5-6H2,1-4H3. The number of hydrogen-bond acceptors (Lipinski definition) is 3. The zero-order chi connectivity index (χ0) is 12.3. The molecule has 0 fully saturated rings. The predicted octanol–water partition coefficient (Wildman–Crippen LogP) is 2.19. The van der Waals surface area contributed by atoms with Crippen LogP contribution in [0.3, 0.4) is 0 Å². The zero-order valence-electron chi connectivity index (χ0n) is 9.39. The van der Waals surface area contributed by atoms with E-state index in [0.29, 0.717) is 0 Å². The Balaban J connectivity index is 4.59. The summed E-state index contributed by atoms with van der Waals surface area (Å²) in [6.45, 7) is 6.07. The van der Waals surface area contributed by atoms with Crippen LogP contribution in [0.25, 0.3) is 0 Å². The van der Waals surface area contributed by atoms with Gasteiger partial charge in [0.15, 0.2) is 0 Å². The maximum Gasteiger partial charge on any atom is 0.381 e.